The zero-order valence-corrected chi connectivity index (χ0v) is 9.46. The summed E-state index contributed by atoms with van der Waals surface area (Å²) in [7, 11) is 0. The van der Waals surface area contributed by atoms with E-state index in [9.17, 15) is 4.79 Å². The molecule has 0 amide bonds. The maximum atomic E-state index is 10.9. The predicted molar refractivity (Wildman–Crippen MR) is 63.0 cm³/mol. The third kappa shape index (κ3) is 3.83. The number of aliphatic carboxylic acids is 1. The van der Waals surface area contributed by atoms with Crippen molar-refractivity contribution in [3.05, 3.63) is 24.3 Å². The second-order valence-corrected chi connectivity index (χ2v) is 4.58. The minimum absolute atomic E-state index is 0.362. The summed E-state index contributed by atoms with van der Waals surface area (Å²) in [6, 6.07) is 7.28. The summed E-state index contributed by atoms with van der Waals surface area (Å²) in [5.41, 5.74) is 6.25. The average Bonchev–Trinajstić information content (AvgIpc) is 2.20. The zero-order chi connectivity index (χ0) is 11.3. The molecule has 0 aliphatic carbocycles. The Balaban J connectivity index is 2.65. The molecule has 0 aliphatic rings. The van der Waals surface area contributed by atoms with Crippen LogP contribution < -0.4 is 5.73 Å². The number of hydrogen-bond donors (Lipinski definition) is 2. The Morgan fingerprint density at radius 1 is 1.47 bits per heavy atom. The number of carbonyl (C=O) groups is 1. The molecule has 4 heteroatoms. The number of anilines is 1. The van der Waals surface area contributed by atoms with Crippen molar-refractivity contribution in [2.24, 2.45) is 0 Å². The van der Waals surface area contributed by atoms with Gasteiger partial charge in [-0.15, -0.1) is 11.8 Å². The molecule has 15 heavy (non-hydrogen) atoms. The van der Waals surface area contributed by atoms with Crippen molar-refractivity contribution in [1.29, 1.82) is 0 Å². The lowest BCUT2D eigenvalue weighted by molar-refractivity contribution is -0.136. The molecule has 3 nitrogen and oxygen atoms in total. The topological polar surface area (TPSA) is 63.3 Å². The second-order valence-electron chi connectivity index (χ2n) is 3.30. The van der Waals surface area contributed by atoms with E-state index in [0.717, 1.165) is 11.3 Å². The van der Waals surface area contributed by atoms with Gasteiger partial charge in [-0.3, -0.25) is 4.79 Å². The summed E-state index contributed by atoms with van der Waals surface area (Å²) in [4.78, 5) is 11.9. The maximum Gasteiger partial charge on any atom is 0.316 e. The van der Waals surface area contributed by atoms with Gasteiger partial charge in [0.05, 0.1) is 0 Å². The third-order valence-corrected chi connectivity index (χ3v) is 3.25. The van der Waals surface area contributed by atoms with E-state index in [1.165, 1.54) is 11.8 Å². The smallest absolute Gasteiger partial charge is 0.316 e. The van der Waals surface area contributed by atoms with Crippen molar-refractivity contribution < 1.29 is 9.90 Å². The van der Waals surface area contributed by atoms with Crippen LogP contribution in [0.4, 0.5) is 5.69 Å². The monoisotopic (exact) mass is 225 g/mol. The van der Waals surface area contributed by atoms with Crippen LogP contribution in [0.15, 0.2) is 29.2 Å². The first-order chi connectivity index (χ1) is 7.13. The lowest BCUT2D eigenvalue weighted by atomic mass is 10.2. The van der Waals surface area contributed by atoms with Gasteiger partial charge in [0.25, 0.3) is 0 Å². The molecule has 0 spiro atoms. The van der Waals surface area contributed by atoms with Gasteiger partial charge in [0.1, 0.15) is 5.25 Å². The Bertz CT molecular complexity index is 324. The largest absolute Gasteiger partial charge is 0.480 e. The minimum atomic E-state index is -0.751. The van der Waals surface area contributed by atoms with Gasteiger partial charge >= 0.3 is 5.97 Å². The van der Waals surface area contributed by atoms with Crippen LogP contribution in [0, 0.1) is 0 Å². The standard InChI is InChI=1S/C11H15NO2S/c1-2-3-10(11(13)14)15-9-6-4-8(12)5-7-9/h4-7,10H,2-3,12H2,1H3,(H,13,14). The summed E-state index contributed by atoms with van der Waals surface area (Å²) in [6.07, 6.45) is 1.56. The first-order valence-electron chi connectivity index (χ1n) is 4.88. The number of hydrogen-bond acceptors (Lipinski definition) is 3. The van der Waals surface area contributed by atoms with Gasteiger partial charge in [0, 0.05) is 10.6 Å². The predicted octanol–water partition coefficient (Wildman–Crippen LogP) is 2.61. The molecule has 0 aliphatic heterocycles. The molecule has 3 N–H and O–H groups in total. The van der Waals surface area contributed by atoms with Gasteiger partial charge in [-0.2, -0.15) is 0 Å². The lowest BCUT2D eigenvalue weighted by Gasteiger charge is -2.10. The van der Waals surface area contributed by atoms with Crippen LogP contribution in [0.3, 0.4) is 0 Å². The molecule has 1 aromatic rings. The molecule has 0 radical (unpaired) electrons. The highest BCUT2D eigenvalue weighted by Crippen LogP contribution is 2.27. The van der Waals surface area contributed by atoms with Crippen LogP contribution in [0.5, 0.6) is 0 Å². The molecule has 1 atom stereocenters. The van der Waals surface area contributed by atoms with E-state index in [0.29, 0.717) is 12.1 Å². The Morgan fingerprint density at radius 2 is 2.07 bits per heavy atom. The number of rotatable bonds is 5. The molecule has 1 aromatic carbocycles. The number of thioether (sulfide) groups is 1. The molecule has 1 rings (SSSR count). The van der Waals surface area contributed by atoms with Gasteiger partial charge in [-0.1, -0.05) is 13.3 Å². The van der Waals surface area contributed by atoms with Crippen molar-refractivity contribution in [2.45, 2.75) is 29.9 Å². The van der Waals surface area contributed by atoms with E-state index in [1.807, 2.05) is 19.1 Å². The molecule has 0 bridgehead atoms. The highest BCUT2D eigenvalue weighted by molar-refractivity contribution is 8.00. The molecule has 0 saturated carbocycles. The van der Waals surface area contributed by atoms with E-state index in [1.54, 1.807) is 12.1 Å². The highest BCUT2D eigenvalue weighted by Gasteiger charge is 2.17. The van der Waals surface area contributed by atoms with Crippen molar-refractivity contribution >= 4 is 23.4 Å². The van der Waals surface area contributed by atoms with E-state index in [-0.39, 0.29) is 5.25 Å². The van der Waals surface area contributed by atoms with Crippen LogP contribution in [0.25, 0.3) is 0 Å². The van der Waals surface area contributed by atoms with Crippen LogP contribution in [-0.2, 0) is 4.79 Å². The zero-order valence-electron chi connectivity index (χ0n) is 8.64. The first kappa shape index (κ1) is 11.9. The fraction of sp³-hybridized carbons (Fsp3) is 0.364. The van der Waals surface area contributed by atoms with E-state index >= 15 is 0 Å². The molecular weight excluding hydrogens is 210 g/mol. The lowest BCUT2D eigenvalue weighted by Crippen LogP contribution is -2.15. The van der Waals surface area contributed by atoms with E-state index < -0.39 is 5.97 Å². The molecule has 0 fully saturated rings. The molecule has 0 saturated heterocycles. The first-order valence-corrected chi connectivity index (χ1v) is 5.76. The number of benzene rings is 1. The van der Waals surface area contributed by atoms with Gasteiger partial charge in [-0.25, -0.2) is 0 Å². The quantitative estimate of drug-likeness (QED) is 0.597. The SMILES string of the molecule is CCCC(Sc1ccc(N)cc1)C(=O)O. The molecule has 0 aromatic heterocycles. The van der Waals surface area contributed by atoms with Gasteiger partial charge in [0.2, 0.25) is 0 Å². The Morgan fingerprint density at radius 3 is 2.53 bits per heavy atom. The molecule has 1 unspecified atom stereocenters. The summed E-state index contributed by atoms with van der Waals surface area (Å²) in [5, 5.41) is 8.61. The third-order valence-electron chi connectivity index (χ3n) is 1.98. The second kappa shape index (κ2) is 5.66. The fourth-order valence-corrected chi connectivity index (χ4v) is 2.28. The summed E-state index contributed by atoms with van der Waals surface area (Å²) in [6.45, 7) is 1.99. The summed E-state index contributed by atoms with van der Waals surface area (Å²) >= 11 is 1.37. The van der Waals surface area contributed by atoms with Crippen LogP contribution in [0.1, 0.15) is 19.8 Å². The normalized spacial score (nSPS) is 12.3. The Hall–Kier alpha value is -1.16. The number of carboxylic acid groups (broad SMARTS) is 1. The van der Waals surface area contributed by atoms with Crippen molar-refractivity contribution in [3.63, 3.8) is 0 Å². The van der Waals surface area contributed by atoms with Crippen LogP contribution in [0.2, 0.25) is 0 Å². The average molecular weight is 225 g/mol. The van der Waals surface area contributed by atoms with Gasteiger partial charge in [0.15, 0.2) is 0 Å². The highest BCUT2D eigenvalue weighted by atomic mass is 32.2. The molecule has 0 heterocycles. The van der Waals surface area contributed by atoms with Gasteiger partial charge in [-0.05, 0) is 30.7 Å². The number of carboxylic acids is 1. The van der Waals surface area contributed by atoms with Crippen LogP contribution in [-0.4, -0.2) is 16.3 Å². The summed E-state index contributed by atoms with van der Waals surface area (Å²) in [5.74, 6) is -0.751. The minimum Gasteiger partial charge on any atom is -0.480 e. The Labute approximate surface area is 93.7 Å². The number of nitrogen functional groups attached to an aromatic ring is 1. The van der Waals surface area contributed by atoms with Crippen LogP contribution >= 0.6 is 11.8 Å². The van der Waals surface area contributed by atoms with Crippen molar-refractivity contribution in [2.75, 3.05) is 5.73 Å². The Kier molecular flexibility index (Phi) is 4.49. The van der Waals surface area contributed by atoms with E-state index in [4.69, 9.17) is 10.8 Å². The molecule has 82 valence electrons. The van der Waals surface area contributed by atoms with Crippen molar-refractivity contribution in [3.8, 4) is 0 Å². The molecular formula is C11H15NO2S. The number of nitrogens with two attached hydrogens (primary N) is 1. The van der Waals surface area contributed by atoms with Crippen molar-refractivity contribution in [1.82, 2.24) is 0 Å². The van der Waals surface area contributed by atoms with Gasteiger partial charge < -0.3 is 10.8 Å². The van der Waals surface area contributed by atoms with E-state index in [2.05, 4.69) is 0 Å². The summed E-state index contributed by atoms with van der Waals surface area (Å²) < 4.78 is 0. The maximum absolute atomic E-state index is 10.9. The fourth-order valence-electron chi connectivity index (χ4n) is 1.21.